The molecule has 1 atom stereocenters. The van der Waals surface area contributed by atoms with E-state index in [2.05, 4.69) is 15.9 Å². The van der Waals surface area contributed by atoms with Gasteiger partial charge in [0.05, 0.1) is 22.5 Å². The lowest BCUT2D eigenvalue weighted by atomic mass is 10.2. The van der Waals surface area contributed by atoms with Crippen LogP contribution in [0, 0.1) is 6.92 Å². The fourth-order valence-electron chi connectivity index (χ4n) is 3.70. The van der Waals surface area contributed by atoms with E-state index in [1.807, 2.05) is 18.2 Å². The van der Waals surface area contributed by atoms with Gasteiger partial charge in [-0.25, -0.2) is 0 Å². The maximum absolute atomic E-state index is 13.0. The monoisotopic (exact) mass is 487 g/mol. The summed E-state index contributed by atoms with van der Waals surface area (Å²) in [7, 11) is 0. The molecule has 0 radical (unpaired) electrons. The van der Waals surface area contributed by atoms with E-state index in [0.29, 0.717) is 34.8 Å². The Kier molecular flexibility index (Phi) is 6.29. The standard InChI is InChI=1S/C23H22BrNO6/c1-14-23(31-19-7-3-2-6-18(19)24)22(28)17-9-8-16(11-20(17)30-14)29-13-21(27)25-10-4-5-15(25)12-26/h2-3,6-9,11,15,26H,4-5,10,12-13H2,1H3/t15-/m1/s1. The Bertz CT molecular complexity index is 1170. The first-order chi connectivity index (χ1) is 15.0. The van der Waals surface area contributed by atoms with E-state index < -0.39 is 0 Å². The first-order valence-electron chi connectivity index (χ1n) is 10.0. The number of likely N-dealkylation sites (tertiary alicyclic amines) is 1. The molecular formula is C23H22BrNO6. The van der Waals surface area contributed by atoms with Gasteiger partial charge in [0.15, 0.2) is 6.61 Å². The van der Waals surface area contributed by atoms with Crippen LogP contribution < -0.4 is 14.9 Å². The molecule has 0 spiro atoms. The second kappa shape index (κ2) is 9.11. The molecule has 1 aromatic heterocycles. The summed E-state index contributed by atoms with van der Waals surface area (Å²) >= 11 is 3.40. The third-order valence-electron chi connectivity index (χ3n) is 5.31. The molecule has 2 heterocycles. The maximum Gasteiger partial charge on any atom is 0.260 e. The topological polar surface area (TPSA) is 89.2 Å². The van der Waals surface area contributed by atoms with Crippen molar-refractivity contribution >= 4 is 32.8 Å². The fourth-order valence-corrected chi connectivity index (χ4v) is 4.06. The van der Waals surface area contributed by atoms with Crippen molar-refractivity contribution in [2.45, 2.75) is 25.8 Å². The number of benzene rings is 2. The molecule has 8 heteroatoms. The van der Waals surface area contributed by atoms with Crippen LogP contribution in [0.3, 0.4) is 0 Å². The van der Waals surface area contributed by atoms with Gasteiger partial charge >= 0.3 is 0 Å². The van der Waals surface area contributed by atoms with E-state index in [1.54, 1.807) is 36.1 Å². The minimum atomic E-state index is -0.292. The molecule has 0 bridgehead atoms. The van der Waals surface area contributed by atoms with E-state index in [-0.39, 0.29) is 36.3 Å². The number of nitrogens with zero attached hydrogens (tertiary/aromatic N) is 1. The zero-order chi connectivity index (χ0) is 22.0. The van der Waals surface area contributed by atoms with E-state index in [4.69, 9.17) is 13.9 Å². The first kappa shape index (κ1) is 21.4. The van der Waals surface area contributed by atoms with Crippen LogP contribution in [-0.2, 0) is 4.79 Å². The molecule has 1 amide bonds. The Morgan fingerprint density at radius 2 is 2.10 bits per heavy atom. The van der Waals surface area contributed by atoms with Crippen LogP contribution in [0.2, 0.25) is 0 Å². The summed E-state index contributed by atoms with van der Waals surface area (Å²) in [4.78, 5) is 27.0. The summed E-state index contributed by atoms with van der Waals surface area (Å²) in [5, 5.41) is 9.74. The van der Waals surface area contributed by atoms with E-state index >= 15 is 0 Å². The van der Waals surface area contributed by atoms with Crippen molar-refractivity contribution in [3.8, 4) is 17.2 Å². The second-order valence-corrected chi connectivity index (χ2v) is 8.22. The van der Waals surface area contributed by atoms with Crippen molar-refractivity contribution in [2.75, 3.05) is 19.8 Å². The highest BCUT2D eigenvalue weighted by Crippen LogP contribution is 2.31. The maximum atomic E-state index is 13.0. The summed E-state index contributed by atoms with van der Waals surface area (Å²) in [6, 6.07) is 11.9. The van der Waals surface area contributed by atoms with Gasteiger partial charge in [0.1, 0.15) is 22.8 Å². The number of hydrogen-bond acceptors (Lipinski definition) is 6. The molecule has 1 N–H and O–H groups in total. The number of aliphatic hydroxyl groups is 1. The van der Waals surface area contributed by atoms with Gasteiger partial charge < -0.3 is 23.9 Å². The van der Waals surface area contributed by atoms with Crippen LogP contribution >= 0.6 is 15.9 Å². The number of halogens is 1. The van der Waals surface area contributed by atoms with E-state index in [9.17, 15) is 14.7 Å². The van der Waals surface area contributed by atoms with Gasteiger partial charge in [-0.3, -0.25) is 9.59 Å². The minimum absolute atomic E-state index is 0.0455. The van der Waals surface area contributed by atoms with Crippen molar-refractivity contribution < 1.29 is 23.8 Å². The van der Waals surface area contributed by atoms with Crippen molar-refractivity contribution in [3.05, 3.63) is 62.9 Å². The third-order valence-corrected chi connectivity index (χ3v) is 5.96. The third kappa shape index (κ3) is 4.45. The average molecular weight is 488 g/mol. The molecule has 162 valence electrons. The Labute approximate surface area is 187 Å². The molecule has 0 aliphatic carbocycles. The van der Waals surface area contributed by atoms with Crippen molar-refractivity contribution in [2.24, 2.45) is 0 Å². The number of aryl methyl sites for hydroxylation is 1. The summed E-state index contributed by atoms with van der Waals surface area (Å²) in [6.07, 6.45) is 1.67. The van der Waals surface area contributed by atoms with Crippen LogP contribution in [0.4, 0.5) is 0 Å². The van der Waals surface area contributed by atoms with Gasteiger partial charge in [-0.05, 0) is 60.0 Å². The molecule has 3 aromatic rings. The molecule has 0 unspecified atom stereocenters. The van der Waals surface area contributed by atoms with Gasteiger partial charge in [0, 0.05) is 12.6 Å². The quantitative estimate of drug-likeness (QED) is 0.564. The van der Waals surface area contributed by atoms with Gasteiger partial charge in [-0.15, -0.1) is 0 Å². The summed E-state index contributed by atoms with van der Waals surface area (Å²) in [6.45, 7) is 2.09. The van der Waals surface area contributed by atoms with Crippen LogP contribution in [0.1, 0.15) is 18.6 Å². The van der Waals surface area contributed by atoms with Crippen LogP contribution in [-0.4, -0.2) is 41.7 Å². The lowest BCUT2D eigenvalue weighted by Gasteiger charge is -2.22. The highest BCUT2D eigenvalue weighted by Gasteiger charge is 2.28. The molecule has 1 aliphatic heterocycles. The normalized spacial score (nSPS) is 16.0. The number of fused-ring (bicyclic) bond motifs is 1. The Morgan fingerprint density at radius 1 is 1.29 bits per heavy atom. The fraction of sp³-hybridized carbons (Fsp3) is 0.304. The summed E-state index contributed by atoms with van der Waals surface area (Å²) < 4.78 is 18.0. The average Bonchev–Trinajstić information content (AvgIpc) is 3.25. The van der Waals surface area contributed by atoms with Crippen LogP contribution in [0.15, 0.2) is 56.1 Å². The SMILES string of the molecule is Cc1oc2cc(OCC(=O)N3CCC[C@@H]3CO)ccc2c(=O)c1Oc1ccccc1Br. The van der Waals surface area contributed by atoms with Gasteiger partial charge in [-0.2, -0.15) is 0 Å². The second-order valence-electron chi connectivity index (χ2n) is 7.36. The van der Waals surface area contributed by atoms with E-state index in [0.717, 1.165) is 17.3 Å². The Hall–Kier alpha value is -2.84. The van der Waals surface area contributed by atoms with Crippen LogP contribution in [0.5, 0.6) is 17.2 Å². The number of para-hydroxylation sites is 1. The number of hydrogen-bond donors (Lipinski definition) is 1. The Balaban J connectivity index is 1.54. The molecule has 1 saturated heterocycles. The van der Waals surface area contributed by atoms with Gasteiger partial charge in [-0.1, -0.05) is 12.1 Å². The number of carbonyl (C=O) groups excluding carboxylic acids is 1. The molecule has 7 nitrogen and oxygen atoms in total. The molecule has 2 aromatic carbocycles. The first-order valence-corrected chi connectivity index (χ1v) is 10.8. The largest absolute Gasteiger partial charge is 0.484 e. The molecule has 31 heavy (non-hydrogen) atoms. The highest BCUT2D eigenvalue weighted by atomic mass is 79.9. The molecular weight excluding hydrogens is 466 g/mol. The molecule has 4 rings (SSSR count). The number of aliphatic hydroxyl groups excluding tert-OH is 1. The van der Waals surface area contributed by atoms with Gasteiger partial charge in [0.25, 0.3) is 5.91 Å². The summed E-state index contributed by atoms with van der Waals surface area (Å²) in [5.74, 6) is 1.21. The zero-order valence-electron chi connectivity index (χ0n) is 17.0. The van der Waals surface area contributed by atoms with E-state index in [1.165, 1.54) is 0 Å². The summed E-state index contributed by atoms with van der Waals surface area (Å²) in [5.41, 5.74) is 0.0568. The zero-order valence-corrected chi connectivity index (χ0v) is 18.6. The molecule has 1 fully saturated rings. The minimum Gasteiger partial charge on any atom is -0.484 e. The van der Waals surface area contributed by atoms with Crippen molar-refractivity contribution in [1.29, 1.82) is 0 Å². The highest BCUT2D eigenvalue weighted by molar-refractivity contribution is 9.10. The number of amides is 1. The molecule has 0 saturated carbocycles. The predicted molar refractivity (Wildman–Crippen MR) is 119 cm³/mol. The lowest BCUT2D eigenvalue weighted by molar-refractivity contribution is -0.134. The lowest BCUT2D eigenvalue weighted by Crippen LogP contribution is -2.40. The van der Waals surface area contributed by atoms with Gasteiger partial charge in [0.2, 0.25) is 11.2 Å². The van der Waals surface area contributed by atoms with Crippen molar-refractivity contribution in [3.63, 3.8) is 0 Å². The number of rotatable bonds is 6. The number of carbonyl (C=O) groups is 1. The van der Waals surface area contributed by atoms with Crippen molar-refractivity contribution in [1.82, 2.24) is 4.90 Å². The van der Waals surface area contributed by atoms with Crippen LogP contribution in [0.25, 0.3) is 11.0 Å². The Morgan fingerprint density at radius 3 is 2.87 bits per heavy atom. The molecule has 1 aliphatic rings. The smallest absolute Gasteiger partial charge is 0.260 e. The predicted octanol–water partition coefficient (Wildman–Crippen LogP) is 4.02. The number of ether oxygens (including phenoxy) is 2.